The van der Waals surface area contributed by atoms with Crippen molar-refractivity contribution >= 4 is 23.3 Å². The van der Waals surface area contributed by atoms with Gasteiger partial charge in [0.25, 0.3) is 5.56 Å². The van der Waals surface area contributed by atoms with Gasteiger partial charge < -0.3 is 5.11 Å². The number of nitrogens with zero attached hydrogens (tertiary/aromatic N) is 6. The second kappa shape index (κ2) is 5.69. The fourth-order valence-electron chi connectivity index (χ4n) is 3.10. The van der Waals surface area contributed by atoms with Crippen LogP contribution in [0, 0.1) is 0 Å². The van der Waals surface area contributed by atoms with Crippen molar-refractivity contribution in [3.05, 3.63) is 46.3 Å². The molecule has 3 aromatic heterocycles. The minimum Gasteiger partial charge on any atom is -0.480 e. The Labute approximate surface area is 141 Å². The molecule has 1 aliphatic rings. The molecule has 4 heterocycles. The van der Waals surface area contributed by atoms with E-state index in [-0.39, 0.29) is 12.1 Å². The number of hydrogen-bond donors (Lipinski definition) is 1. The van der Waals surface area contributed by atoms with Crippen LogP contribution in [0.4, 0.5) is 5.82 Å². The predicted octanol–water partition coefficient (Wildman–Crippen LogP) is 0.864. The van der Waals surface area contributed by atoms with E-state index in [9.17, 15) is 9.59 Å². The van der Waals surface area contributed by atoms with E-state index in [0.29, 0.717) is 41.4 Å². The van der Waals surface area contributed by atoms with E-state index >= 15 is 0 Å². The van der Waals surface area contributed by atoms with E-state index in [1.807, 2.05) is 11.3 Å². The van der Waals surface area contributed by atoms with E-state index in [1.165, 1.54) is 4.68 Å². The summed E-state index contributed by atoms with van der Waals surface area (Å²) < 4.78 is 4.83. The minimum atomic E-state index is -0.964. The van der Waals surface area contributed by atoms with Crippen LogP contribution < -0.4 is 5.56 Å². The number of aliphatic imine (C=N–C) groups is 1. The highest BCUT2D eigenvalue weighted by Gasteiger charge is 2.25. The molecule has 1 N–H and O–H groups in total. The Morgan fingerprint density at radius 2 is 2.24 bits per heavy atom. The third kappa shape index (κ3) is 2.44. The maximum absolute atomic E-state index is 12.8. The summed E-state index contributed by atoms with van der Waals surface area (Å²) in [6, 6.07) is 0. The second-order valence-electron chi connectivity index (χ2n) is 5.91. The molecule has 0 unspecified atom stereocenters. The molecule has 0 aromatic carbocycles. The highest BCUT2D eigenvalue weighted by atomic mass is 16.4. The lowest BCUT2D eigenvalue weighted by molar-refractivity contribution is -0.137. The largest absolute Gasteiger partial charge is 0.480 e. The number of aromatic nitrogens is 5. The van der Waals surface area contributed by atoms with Gasteiger partial charge in [-0.15, -0.1) is 0 Å². The van der Waals surface area contributed by atoms with E-state index in [2.05, 4.69) is 15.1 Å². The van der Waals surface area contributed by atoms with Gasteiger partial charge in [-0.1, -0.05) is 6.92 Å². The first-order chi connectivity index (χ1) is 12.1. The molecule has 25 heavy (non-hydrogen) atoms. The number of carbonyl (C=O) groups is 1. The molecule has 0 fully saturated rings. The number of rotatable bonds is 5. The first-order valence-corrected chi connectivity index (χ1v) is 7.99. The normalized spacial score (nSPS) is 13.2. The first-order valence-electron chi connectivity index (χ1n) is 7.99. The Balaban J connectivity index is 1.79. The Bertz CT molecular complexity index is 1070. The zero-order valence-corrected chi connectivity index (χ0v) is 13.6. The van der Waals surface area contributed by atoms with Crippen molar-refractivity contribution in [1.82, 2.24) is 23.7 Å². The van der Waals surface area contributed by atoms with E-state index in [1.54, 1.807) is 29.4 Å². The number of carboxylic acid groups (broad SMARTS) is 1. The van der Waals surface area contributed by atoms with Crippen molar-refractivity contribution in [3.63, 3.8) is 0 Å². The molecule has 0 radical (unpaired) electrons. The van der Waals surface area contributed by atoms with Crippen molar-refractivity contribution in [2.45, 2.75) is 32.9 Å². The molecule has 128 valence electrons. The Kier molecular flexibility index (Phi) is 3.48. The summed E-state index contributed by atoms with van der Waals surface area (Å²) in [5.41, 5.74) is 1.97. The number of aryl methyl sites for hydroxylation is 1. The Morgan fingerprint density at radius 3 is 3.00 bits per heavy atom. The number of fused-ring (bicyclic) bond motifs is 3. The lowest BCUT2D eigenvalue weighted by Gasteiger charge is -2.09. The predicted molar refractivity (Wildman–Crippen MR) is 89.5 cm³/mol. The number of hydrogen-bond acceptors (Lipinski definition) is 5. The summed E-state index contributed by atoms with van der Waals surface area (Å²) in [5.74, 6) is 0.205. The summed E-state index contributed by atoms with van der Waals surface area (Å²) in [6.07, 6.45) is 7.87. The van der Waals surface area contributed by atoms with Gasteiger partial charge in [-0.3, -0.25) is 23.2 Å². The minimum absolute atomic E-state index is 0.0766. The van der Waals surface area contributed by atoms with Gasteiger partial charge >= 0.3 is 5.97 Å². The van der Waals surface area contributed by atoms with Crippen LogP contribution in [0.25, 0.3) is 5.78 Å². The second-order valence-corrected chi connectivity index (χ2v) is 5.91. The lowest BCUT2D eigenvalue weighted by atomic mass is 10.1. The van der Waals surface area contributed by atoms with Crippen LogP contribution in [-0.4, -0.2) is 40.5 Å². The molecule has 0 atom stereocenters. The maximum Gasteiger partial charge on any atom is 0.325 e. The van der Waals surface area contributed by atoms with E-state index < -0.39 is 5.97 Å². The van der Waals surface area contributed by atoms with E-state index in [0.717, 1.165) is 6.42 Å². The summed E-state index contributed by atoms with van der Waals surface area (Å²) >= 11 is 0. The smallest absolute Gasteiger partial charge is 0.325 e. The van der Waals surface area contributed by atoms with Crippen molar-refractivity contribution in [3.8, 4) is 0 Å². The first kappa shape index (κ1) is 15.3. The highest BCUT2D eigenvalue weighted by Crippen LogP contribution is 2.27. The molecule has 9 heteroatoms. The molecular weight excluding hydrogens is 324 g/mol. The topological polar surface area (TPSA) is 107 Å². The molecule has 0 amide bonds. The average Bonchev–Trinajstić information content (AvgIpc) is 3.28. The summed E-state index contributed by atoms with van der Waals surface area (Å²) in [4.78, 5) is 32.5. The lowest BCUT2D eigenvalue weighted by Crippen LogP contribution is -2.26. The van der Waals surface area contributed by atoms with Crippen LogP contribution in [0.5, 0.6) is 0 Å². The maximum atomic E-state index is 12.8. The third-order valence-electron chi connectivity index (χ3n) is 4.16. The van der Waals surface area contributed by atoms with Crippen molar-refractivity contribution in [2.75, 3.05) is 0 Å². The number of aliphatic carboxylic acids is 1. The molecule has 0 aliphatic carbocycles. The van der Waals surface area contributed by atoms with Crippen molar-refractivity contribution in [2.24, 2.45) is 4.99 Å². The van der Waals surface area contributed by atoms with Gasteiger partial charge in [0.05, 0.1) is 17.5 Å². The van der Waals surface area contributed by atoms with Crippen LogP contribution in [0.1, 0.15) is 24.5 Å². The molecule has 4 rings (SSSR count). The standard InChI is InChI=1S/C16H16N6O3/c1-2-4-22-15(25)11-6-12(10-7-18-20(8-10)9-13(23)24)19-14(11)21-5-3-17-16(21)22/h3,5,7-8H,2,4,6,9H2,1H3,(H,23,24). The molecule has 1 aliphatic heterocycles. The van der Waals surface area contributed by atoms with Gasteiger partial charge in [0.2, 0.25) is 5.78 Å². The number of carboxylic acids is 1. The van der Waals surface area contributed by atoms with Crippen molar-refractivity contribution in [1.29, 1.82) is 0 Å². The molecule has 0 saturated carbocycles. The summed E-state index contributed by atoms with van der Waals surface area (Å²) in [7, 11) is 0. The van der Waals surface area contributed by atoms with Gasteiger partial charge in [0.15, 0.2) is 0 Å². The SMILES string of the molecule is CCCn1c(=O)c2c(n3ccnc13)N=C(c1cnn(CC(=O)O)c1)C2. The van der Waals surface area contributed by atoms with Crippen LogP contribution in [0.15, 0.2) is 34.6 Å². The Morgan fingerprint density at radius 1 is 1.40 bits per heavy atom. The van der Waals surface area contributed by atoms with Gasteiger partial charge in [-0.05, 0) is 6.42 Å². The van der Waals surface area contributed by atoms with Gasteiger partial charge in [0.1, 0.15) is 12.4 Å². The number of imidazole rings is 1. The zero-order valence-electron chi connectivity index (χ0n) is 13.6. The fraction of sp³-hybridized carbons (Fsp3) is 0.312. The zero-order chi connectivity index (χ0) is 17.6. The quantitative estimate of drug-likeness (QED) is 0.741. The Hall–Kier alpha value is -3.23. The molecule has 0 saturated heterocycles. The molecule has 0 spiro atoms. The average molecular weight is 340 g/mol. The fourth-order valence-corrected chi connectivity index (χ4v) is 3.10. The summed E-state index contributed by atoms with van der Waals surface area (Å²) in [5, 5.41) is 12.9. The monoisotopic (exact) mass is 340 g/mol. The van der Waals surface area contributed by atoms with Gasteiger partial charge in [-0.2, -0.15) is 5.10 Å². The van der Waals surface area contributed by atoms with Crippen molar-refractivity contribution < 1.29 is 9.90 Å². The molecule has 0 bridgehead atoms. The van der Waals surface area contributed by atoms with Crippen LogP contribution in [0.3, 0.4) is 0 Å². The summed E-state index contributed by atoms with van der Waals surface area (Å²) in [6.45, 7) is 2.39. The highest BCUT2D eigenvalue weighted by molar-refractivity contribution is 6.05. The van der Waals surface area contributed by atoms with Crippen LogP contribution in [0.2, 0.25) is 0 Å². The third-order valence-corrected chi connectivity index (χ3v) is 4.16. The molecular formula is C16H16N6O3. The van der Waals surface area contributed by atoms with Crippen LogP contribution >= 0.6 is 0 Å². The molecule has 9 nitrogen and oxygen atoms in total. The van der Waals surface area contributed by atoms with Gasteiger partial charge in [0, 0.05) is 37.1 Å². The van der Waals surface area contributed by atoms with Crippen LogP contribution in [-0.2, 0) is 24.3 Å². The van der Waals surface area contributed by atoms with Gasteiger partial charge in [-0.25, -0.2) is 9.98 Å². The van der Waals surface area contributed by atoms with E-state index in [4.69, 9.17) is 5.11 Å². The molecule has 3 aromatic rings.